The van der Waals surface area contributed by atoms with Gasteiger partial charge in [0.2, 0.25) is 11.8 Å². The average Bonchev–Trinajstić information content (AvgIpc) is 2.02. The van der Waals surface area contributed by atoms with Gasteiger partial charge >= 0.3 is 0 Å². The van der Waals surface area contributed by atoms with Crippen LogP contribution in [0.5, 0.6) is 0 Å². The van der Waals surface area contributed by atoms with Gasteiger partial charge in [-0.05, 0) is 18.2 Å². The van der Waals surface area contributed by atoms with Crippen molar-refractivity contribution in [2.45, 2.75) is 13.8 Å². The maximum Gasteiger partial charge on any atom is 0.230 e. The lowest BCUT2D eigenvalue weighted by Gasteiger charge is -2.16. The first-order chi connectivity index (χ1) is 6.52. The van der Waals surface area contributed by atoms with Crippen LogP contribution in [0.25, 0.3) is 0 Å². The third kappa shape index (κ3) is 2.16. The van der Waals surface area contributed by atoms with Gasteiger partial charge in [-0.15, -0.1) is 0 Å². The minimum Gasteiger partial charge on any atom is -0.274 e. The van der Waals surface area contributed by atoms with Gasteiger partial charge in [0, 0.05) is 13.8 Å². The van der Waals surface area contributed by atoms with E-state index in [0.29, 0.717) is 0 Å². The smallest absolute Gasteiger partial charge is 0.230 e. The molecule has 0 heterocycles. The number of benzene rings is 1. The lowest BCUT2D eigenvalue weighted by atomic mass is 10.2. The molecule has 1 rings (SSSR count). The quantitative estimate of drug-likeness (QED) is 0.684. The number of imide groups is 1. The monoisotopic (exact) mass is 195 g/mol. The summed E-state index contributed by atoms with van der Waals surface area (Å²) >= 11 is 0. The summed E-state index contributed by atoms with van der Waals surface area (Å²) in [6, 6.07) is 5.35. The molecule has 0 radical (unpaired) electrons. The highest BCUT2D eigenvalue weighted by Crippen LogP contribution is 2.15. The Labute approximate surface area is 81.1 Å². The fourth-order valence-corrected chi connectivity index (χ4v) is 1.20. The van der Waals surface area contributed by atoms with Crippen molar-refractivity contribution >= 4 is 17.5 Å². The number of rotatable bonds is 1. The molecule has 0 aliphatic carbocycles. The van der Waals surface area contributed by atoms with E-state index in [1.165, 1.54) is 32.0 Å². The zero-order chi connectivity index (χ0) is 10.7. The van der Waals surface area contributed by atoms with Gasteiger partial charge in [-0.2, -0.15) is 0 Å². The number of amides is 2. The molecule has 1 aromatic carbocycles. The maximum absolute atomic E-state index is 12.8. The van der Waals surface area contributed by atoms with Crippen molar-refractivity contribution in [3.8, 4) is 0 Å². The average molecular weight is 195 g/mol. The number of anilines is 1. The first kappa shape index (κ1) is 10.4. The Hall–Kier alpha value is -1.71. The van der Waals surface area contributed by atoms with Crippen LogP contribution in [0.3, 0.4) is 0 Å². The van der Waals surface area contributed by atoms with Gasteiger partial charge in [0.15, 0.2) is 0 Å². The van der Waals surface area contributed by atoms with Gasteiger partial charge in [-0.1, -0.05) is 6.07 Å². The maximum atomic E-state index is 12.8. The van der Waals surface area contributed by atoms with E-state index < -0.39 is 17.6 Å². The zero-order valence-electron chi connectivity index (χ0n) is 7.95. The lowest BCUT2D eigenvalue weighted by molar-refractivity contribution is -0.124. The van der Waals surface area contributed by atoms with Crippen LogP contribution in [-0.4, -0.2) is 11.8 Å². The van der Waals surface area contributed by atoms with Crippen LogP contribution in [0.2, 0.25) is 0 Å². The van der Waals surface area contributed by atoms with Crippen molar-refractivity contribution < 1.29 is 14.0 Å². The van der Waals surface area contributed by atoms with E-state index in [1.54, 1.807) is 0 Å². The molecule has 0 bridgehead atoms. The molecule has 0 unspecified atom stereocenters. The first-order valence-electron chi connectivity index (χ1n) is 4.09. The Morgan fingerprint density at radius 2 is 1.79 bits per heavy atom. The summed E-state index contributed by atoms with van der Waals surface area (Å²) in [5, 5.41) is 0. The Bertz CT molecular complexity index is 362. The van der Waals surface area contributed by atoms with Crippen LogP contribution >= 0.6 is 0 Å². The van der Waals surface area contributed by atoms with Crippen molar-refractivity contribution in [1.29, 1.82) is 0 Å². The number of hydrogen-bond acceptors (Lipinski definition) is 2. The van der Waals surface area contributed by atoms with Gasteiger partial charge in [0.25, 0.3) is 0 Å². The number of halogens is 1. The highest BCUT2D eigenvalue weighted by Gasteiger charge is 2.15. The second kappa shape index (κ2) is 4.00. The molecule has 14 heavy (non-hydrogen) atoms. The van der Waals surface area contributed by atoms with Crippen LogP contribution in [-0.2, 0) is 9.59 Å². The van der Waals surface area contributed by atoms with Crippen molar-refractivity contribution in [2.24, 2.45) is 0 Å². The third-order valence-electron chi connectivity index (χ3n) is 1.70. The van der Waals surface area contributed by atoms with Gasteiger partial charge in [0.05, 0.1) is 5.69 Å². The minimum absolute atomic E-state index is 0.255. The van der Waals surface area contributed by atoms with E-state index in [9.17, 15) is 14.0 Å². The summed E-state index contributed by atoms with van der Waals surface area (Å²) < 4.78 is 12.8. The van der Waals surface area contributed by atoms with E-state index in [4.69, 9.17) is 0 Å². The minimum atomic E-state index is -0.477. The molecular weight excluding hydrogens is 185 g/mol. The molecule has 0 atom stereocenters. The normalized spacial score (nSPS) is 9.64. The second-order valence-electron chi connectivity index (χ2n) is 2.85. The van der Waals surface area contributed by atoms with E-state index in [-0.39, 0.29) is 5.69 Å². The number of carbonyl (C=O) groups is 2. The van der Waals surface area contributed by atoms with Crippen molar-refractivity contribution in [3.05, 3.63) is 30.1 Å². The Balaban J connectivity index is 3.12. The molecule has 1 aromatic rings. The molecule has 2 amide bonds. The molecule has 0 saturated carbocycles. The second-order valence-corrected chi connectivity index (χ2v) is 2.85. The Kier molecular flexibility index (Phi) is 2.96. The highest BCUT2D eigenvalue weighted by molar-refractivity contribution is 6.13. The van der Waals surface area contributed by atoms with Gasteiger partial charge in [-0.25, -0.2) is 4.39 Å². The van der Waals surface area contributed by atoms with E-state index in [0.717, 1.165) is 11.0 Å². The molecule has 4 heteroatoms. The Morgan fingerprint density at radius 1 is 1.21 bits per heavy atom. The molecule has 0 fully saturated rings. The van der Waals surface area contributed by atoms with Crippen LogP contribution in [0.4, 0.5) is 10.1 Å². The predicted octanol–water partition coefficient (Wildman–Crippen LogP) is 1.73. The molecule has 0 saturated heterocycles. The summed E-state index contributed by atoms with van der Waals surface area (Å²) in [6.45, 7) is 2.51. The molecule has 3 nitrogen and oxygen atoms in total. The summed E-state index contributed by atoms with van der Waals surface area (Å²) in [5.41, 5.74) is 0.255. The van der Waals surface area contributed by atoms with Crippen molar-refractivity contribution in [2.75, 3.05) is 4.90 Å². The summed E-state index contributed by atoms with van der Waals surface area (Å²) in [6.07, 6.45) is 0. The predicted molar refractivity (Wildman–Crippen MR) is 50.2 cm³/mol. The van der Waals surface area contributed by atoms with Crippen LogP contribution < -0.4 is 4.90 Å². The molecule has 74 valence electrons. The first-order valence-corrected chi connectivity index (χ1v) is 4.09. The largest absolute Gasteiger partial charge is 0.274 e. The number of carbonyl (C=O) groups excluding carboxylic acids is 2. The van der Waals surface area contributed by atoms with Crippen LogP contribution in [0.1, 0.15) is 13.8 Å². The zero-order valence-corrected chi connectivity index (χ0v) is 7.95. The van der Waals surface area contributed by atoms with E-state index in [1.807, 2.05) is 0 Å². The van der Waals surface area contributed by atoms with Crippen molar-refractivity contribution in [3.63, 3.8) is 0 Å². The molecule has 0 aromatic heterocycles. The molecule has 0 aliphatic heterocycles. The summed E-state index contributed by atoms with van der Waals surface area (Å²) in [5.74, 6) is -1.33. The lowest BCUT2D eigenvalue weighted by Crippen LogP contribution is -2.33. The Morgan fingerprint density at radius 3 is 2.21 bits per heavy atom. The topological polar surface area (TPSA) is 37.4 Å². The van der Waals surface area contributed by atoms with Gasteiger partial charge in [0.1, 0.15) is 5.82 Å². The fourth-order valence-electron chi connectivity index (χ4n) is 1.20. The molecule has 0 spiro atoms. The standard InChI is InChI=1S/C10H10FNO2/c1-7(13)12(8(2)14)10-5-3-4-9(11)6-10/h3-6H,1-2H3. The number of nitrogens with zero attached hydrogens (tertiary/aromatic N) is 1. The SMILES string of the molecule is CC(=O)N(C(C)=O)c1cccc(F)c1. The fraction of sp³-hybridized carbons (Fsp3) is 0.200. The van der Waals surface area contributed by atoms with Gasteiger partial charge < -0.3 is 0 Å². The molecule has 0 N–H and O–H groups in total. The van der Waals surface area contributed by atoms with Crippen molar-refractivity contribution in [1.82, 2.24) is 0 Å². The van der Waals surface area contributed by atoms with Gasteiger partial charge in [-0.3, -0.25) is 14.5 Å². The highest BCUT2D eigenvalue weighted by atomic mass is 19.1. The van der Waals surface area contributed by atoms with E-state index in [2.05, 4.69) is 0 Å². The summed E-state index contributed by atoms with van der Waals surface area (Å²) in [7, 11) is 0. The third-order valence-corrected chi connectivity index (χ3v) is 1.70. The molecular formula is C10H10FNO2. The van der Waals surface area contributed by atoms with Crippen LogP contribution in [0, 0.1) is 5.82 Å². The summed E-state index contributed by atoms with van der Waals surface area (Å²) in [4.78, 5) is 23.1. The molecule has 0 aliphatic rings. The number of hydrogen-bond donors (Lipinski definition) is 0. The van der Waals surface area contributed by atoms with E-state index >= 15 is 0 Å². The van der Waals surface area contributed by atoms with Crippen LogP contribution in [0.15, 0.2) is 24.3 Å².